The first-order valence-electron chi connectivity index (χ1n) is 4.83. The van der Waals surface area contributed by atoms with Crippen molar-refractivity contribution in [3.05, 3.63) is 0 Å². The highest BCUT2D eigenvalue weighted by molar-refractivity contribution is 5.86. The highest BCUT2D eigenvalue weighted by Gasteiger charge is 2.38. The predicted molar refractivity (Wildman–Crippen MR) is 48.1 cm³/mol. The maximum Gasteiger partial charge on any atom is 0.306 e. The summed E-state index contributed by atoms with van der Waals surface area (Å²) in [5.74, 6) is 0.730. The van der Waals surface area contributed by atoms with Gasteiger partial charge in [0.05, 0.1) is 13.0 Å². The summed E-state index contributed by atoms with van der Waals surface area (Å²) in [4.78, 5) is 22.2. The molecule has 0 aromatic carbocycles. The standard InChI is InChI=1S/C10H16O3/c1-3-13-10(12)5-4-9(11)8-6-7(8)2/h7-8H,3-6H2,1-2H3. The first-order valence-corrected chi connectivity index (χ1v) is 4.83. The first kappa shape index (κ1) is 10.2. The van der Waals surface area contributed by atoms with E-state index in [9.17, 15) is 9.59 Å². The number of ether oxygens (including phenoxy) is 1. The average molecular weight is 184 g/mol. The van der Waals surface area contributed by atoms with Crippen molar-refractivity contribution in [2.75, 3.05) is 6.61 Å². The molecule has 0 saturated heterocycles. The number of carbonyl (C=O) groups is 2. The molecule has 0 heterocycles. The van der Waals surface area contributed by atoms with E-state index in [-0.39, 0.29) is 24.1 Å². The lowest BCUT2D eigenvalue weighted by Crippen LogP contribution is -2.09. The quantitative estimate of drug-likeness (QED) is 0.609. The molecule has 74 valence electrons. The van der Waals surface area contributed by atoms with Crippen LogP contribution in [0.5, 0.6) is 0 Å². The lowest BCUT2D eigenvalue weighted by atomic mass is 10.1. The van der Waals surface area contributed by atoms with Gasteiger partial charge < -0.3 is 4.74 Å². The van der Waals surface area contributed by atoms with E-state index >= 15 is 0 Å². The van der Waals surface area contributed by atoms with Crippen LogP contribution in [0, 0.1) is 11.8 Å². The Morgan fingerprint density at radius 2 is 2.00 bits per heavy atom. The van der Waals surface area contributed by atoms with Gasteiger partial charge in [-0.25, -0.2) is 0 Å². The van der Waals surface area contributed by atoms with Gasteiger partial charge in [-0.1, -0.05) is 6.92 Å². The van der Waals surface area contributed by atoms with Gasteiger partial charge in [0.2, 0.25) is 0 Å². The largest absolute Gasteiger partial charge is 0.466 e. The van der Waals surface area contributed by atoms with Crippen molar-refractivity contribution in [3.63, 3.8) is 0 Å². The zero-order valence-corrected chi connectivity index (χ0v) is 8.21. The normalized spacial score (nSPS) is 25.4. The van der Waals surface area contributed by atoms with Crippen LogP contribution in [0.25, 0.3) is 0 Å². The van der Waals surface area contributed by atoms with Gasteiger partial charge in [0.25, 0.3) is 0 Å². The predicted octanol–water partition coefficient (Wildman–Crippen LogP) is 1.55. The topological polar surface area (TPSA) is 43.4 Å². The molecule has 3 heteroatoms. The minimum absolute atomic E-state index is 0.223. The molecule has 0 N–H and O–H groups in total. The fourth-order valence-corrected chi connectivity index (χ4v) is 1.41. The van der Waals surface area contributed by atoms with Crippen LogP contribution >= 0.6 is 0 Å². The summed E-state index contributed by atoms with van der Waals surface area (Å²) < 4.78 is 4.73. The third-order valence-electron chi connectivity index (χ3n) is 2.40. The van der Waals surface area contributed by atoms with E-state index in [1.54, 1.807) is 6.92 Å². The van der Waals surface area contributed by atoms with Crippen LogP contribution in [0.15, 0.2) is 0 Å². The van der Waals surface area contributed by atoms with E-state index in [1.807, 2.05) is 0 Å². The molecular formula is C10H16O3. The fourth-order valence-electron chi connectivity index (χ4n) is 1.41. The minimum atomic E-state index is -0.260. The van der Waals surface area contributed by atoms with Crippen molar-refractivity contribution in [2.24, 2.45) is 11.8 Å². The Balaban J connectivity index is 2.11. The number of carbonyl (C=O) groups excluding carboxylic acids is 2. The summed E-state index contributed by atoms with van der Waals surface area (Å²) in [6.45, 7) is 4.22. The lowest BCUT2D eigenvalue weighted by Gasteiger charge is -2.00. The highest BCUT2D eigenvalue weighted by atomic mass is 16.5. The average Bonchev–Trinajstić information content (AvgIpc) is 2.79. The Morgan fingerprint density at radius 3 is 2.46 bits per heavy atom. The number of ketones is 1. The Labute approximate surface area is 78.5 Å². The van der Waals surface area contributed by atoms with E-state index in [2.05, 4.69) is 6.92 Å². The number of esters is 1. The van der Waals surface area contributed by atoms with Crippen molar-refractivity contribution in [1.82, 2.24) is 0 Å². The lowest BCUT2D eigenvalue weighted by molar-refractivity contribution is -0.144. The summed E-state index contributed by atoms with van der Waals surface area (Å²) in [6, 6.07) is 0. The van der Waals surface area contributed by atoms with Crippen molar-refractivity contribution in [3.8, 4) is 0 Å². The summed E-state index contributed by atoms with van der Waals surface area (Å²) in [5.41, 5.74) is 0. The van der Waals surface area contributed by atoms with Gasteiger partial charge in [-0.15, -0.1) is 0 Å². The Kier molecular flexibility index (Phi) is 3.46. The molecule has 1 rings (SSSR count). The second-order valence-corrected chi connectivity index (χ2v) is 3.59. The van der Waals surface area contributed by atoms with Crippen LogP contribution < -0.4 is 0 Å². The number of Topliss-reactive ketones (excluding diaryl/α,β-unsaturated/α-hetero) is 1. The molecule has 0 spiro atoms. The van der Waals surface area contributed by atoms with Gasteiger partial charge >= 0.3 is 5.97 Å². The molecule has 13 heavy (non-hydrogen) atoms. The molecule has 1 fully saturated rings. The summed E-state index contributed by atoms with van der Waals surface area (Å²) in [7, 11) is 0. The van der Waals surface area contributed by atoms with Crippen molar-refractivity contribution in [2.45, 2.75) is 33.1 Å². The first-order chi connectivity index (χ1) is 6.15. The minimum Gasteiger partial charge on any atom is -0.466 e. The monoisotopic (exact) mass is 184 g/mol. The molecule has 1 aliphatic rings. The van der Waals surface area contributed by atoms with Crippen LogP contribution in [-0.2, 0) is 14.3 Å². The molecule has 1 saturated carbocycles. The maximum atomic E-state index is 11.3. The van der Waals surface area contributed by atoms with E-state index < -0.39 is 0 Å². The van der Waals surface area contributed by atoms with Gasteiger partial charge in [-0.05, 0) is 19.3 Å². The SMILES string of the molecule is CCOC(=O)CCC(=O)C1CC1C. The van der Waals surface area contributed by atoms with Crippen LogP contribution in [0.2, 0.25) is 0 Å². The molecule has 0 amide bonds. The van der Waals surface area contributed by atoms with Gasteiger partial charge in [0, 0.05) is 12.3 Å². The van der Waals surface area contributed by atoms with Gasteiger partial charge in [-0.3, -0.25) is 9.59 Å². The van der Waals surface area contributed by atoms with Gasteiger partial charge in [-0.2, -0.15) is 0 Å². The molecule has 3 nitrogen and oxygen atoms in total. The van der Waals surface area contributed by atoms with Crippen molar-refractivity contribution >= 4 is 11.8 Å². The number of hydrogen-bond donors (Lipinski definition) is 0. The summed E-state index contributed by atoms with van der Waals surface area (Å²) in [5, 5.41) is 0. The molecule has 0 bridgehead atoms. The molecule has 2 atom stereocenters. The molecular weight excluding hydrogens is 168 g/mol. The molecule has 0 aromatic heterocycles. The fraction of sp³-hybridized carbons (Fsp3) is 0.800. The number of hydrogen-bond acceptors (Lipinski definition) is 3. The smallest absolute Gasteiger partial charge is 0.306 e. The third-order valence-corrected chi connectivity index (χ3v) is 2.40. The van der Waals surface area contributed by atoms with Gasteiger partial charge in [0.15, 0.2) is 0 Å². The van der Waals surface area contributed by atoms with E-state index in [0.717, 1.165) is 6.42 Å². The zero-order chi connectivity index (χ0) is 9.84. The van der Waals surface area contributed by atoms with Crippen LogP contribution in [0.3, 0.4) is 0 Å². The number of rotatable bonds is 5. The van der Waals surface area contributed by atoms with Gasteiger partial charge in [0.1, 0.15) is 5.78 Å². The molecule has 2 unspecified atom stereocenters. The van der Waals surface area contributed by atoms with Crippen LogP contribution in [0.1, 0.15) is 33.1 Å². The Morgan fingerprint density at radius 1 is 1.38 bits per heavy atom. The highest BCUT2D eigenvalue weighted by Crippen LogP contribution is 2.39. The van der Waals surface area contributed by atoms with Crippen LogP contribution in [-0.4, -0.2) is 18.4 Å². The summed E-state index contributed by atoms with van der Waals surface area (Å²) in [6.07, 6.45) is 1.60. The maximum absolute atomic E-state index is 11.3. The Bertz CT molecular complexity index is 210. The van der Waals surface area contributed by atoms with E-state index in [1.165, 1.54) is 0 Å². The molecule has 0 radical (unpaired) electrons. The Hall–Kier alpha value is -0.860. The third kappa shape index (κ3) is 3.17. The molecule has 1 aliphatic carbocycles. The molecule has 0 aromatic rings. The van der Waals surface area contributed by atoms with E-state index in [4.69, 9.17) is 4.74 Å². The summed E-state index contributed by atoms with van der Waals surface area (Å²) >= 11 is 0. The second kappa shape index (κ2) is 4.40. The van der Waals surface area contributed by atoms with E-state index in [0.29, 0.717) is 18.9 Å². The second-order valence-electron chi connectivity index (χ2n) is 3.59. The van der Waals surface area contributed by atoms with Crippen molar-refractivity contribution < 1.29 is 14.3 Å². The zero-order valence-electron chi connectivity index (χ0n) is 8.21. The molecule has 0 aliphatic heterocycles. The van der Waals surface area contributed by atoms with Crippen molar-refractivity contribution in [1.29, 1.82) is 0 Å². The van der Waals surface area contributed by atoms with Crippen LogP contribution in [0.4, 0.5) is 0 Å².